The molecule has 0 heterocycles. The summed E-state index contributed by atoms with van der Waals surface area (Å²) in [6.07, 6.45) is 3.85. The minimum atomic E-state index is -0.0353. The van der Waals surface area contributed by atoms with Crippen LogP contribution < -0.4 is 15.8 Å². The van der Waals surface area contributed by atoms with Gasteiger partial charge in [0.1, 0.15) is 11.5 Å². The van der Waals surface area contributed by atoms with Crippen LogP contribution in [0.1, 0.15) is 12.5 Å². The second kappa shape index (κ2) is 7.14. The molecule has 4 heteroatoms. The van der Waals surface area contributed by atoms with Gasteiger partial charge in [0.2, 0.25) is 5.91 Å². The Kier molecular flexibility index (Phi) is 4.99. The molecular formula is C17H18N2O2. The smallest absolute Gasteiger partial charge is 0.217 e. The number of nitrogens with one attached hydrogen (secondary N) is 1. The maximum Gasteiger partial charge on any atom is 0.217 e. The number of hydrogen-bond donors (Lipinski definition) is 2. The van der Waals surface area contributed by atoms with Crippen molar-refractivity contribution >= 4 is 17.7 Å². The first-order chi connectivity index (χ1) is 10.1. The zero-order valence-corrected chi connectivity index (χ0v) is 11.9. The van der Waals surface area contributed by atoms with Gasteiger partial charge in [0.25, 0.3) is 0 Å². The second-order valence-electron chi connectivity index (χ2n) is 4.58. The van der Waals surface area contributed by atoms with Crippen LogP contribution in [0.4, 0.5) is 5.69 Å². The predicted molar refractivity (Wildman–Crippen MR) is 85.1 cm³/mol. The molecule has 0 saturated carbocycles. The summed E-state index contributed by atoms with van der Waals surface area (Å²) in [5.74, 6) is 1.48. The molecule has 2 aromatic rings. The maximum absolute atomic E-state index is 10.7. The highest BCUT2D eigenvalue weighted by atomic mass is 16.5. The summed E-state index contributed by atoms with van der Waals surface area (Å²) >= 11 is 0. The van der Waals surface area contributed by atoms with Crippen LogP contribution in [0.2, 0.25) is 0 Å². The molecule has 2 aromatic carbocycles. The Morgan fingerprint density at radius 1 is 1.10 bits per heavy atom. The van der Waals surface area contributed by atoms with Crippen molar-refractivity contribution in [2.75, 3.05) is 12.3 Å². The second-order valence-corrected chi connectivity index (χ2v) is 4.58. The van der Waals surface area contributed by atoms with Gasteiger partial charge >= 0.3 is 0 Å². The van der Waals surface area contributed by atoms with Crippen LogP contribution in [0.5, 0.6) is 11.5 Å². The normalized spacial score (nSPS) is 10.5. The van der Waals surface area contributed by atoms with Crippen molar-refractivity contribution in [3.05, 3.63) is 60.2 Å². The van der Waals surface area contributed by atoms with Crippen molar-refractivity contribution in [1.82, 2.24) is 5.32 Å². The van der Waals surface area contributed by atoms with Gasteiger partial charge in [-0.25, -0.2) is 0 Å². The van der Waals surface area contributed by atoms with Crippen LogP contribution in [0.25, 0.3) is 6.08 Å². The number of benzene rings is 2. The number of nitrogens with two attached hydrogens (primary N) is 1. The summed E-state index contributed by atoms with van der Waals surface area (Å²) in [5, 5.41) is 2.70. The van der Waals surface area contributed by atoms with Crippen molar-refractivity contribution in [3.8, 4) is 11.5 Å². The fourth-order valence-corrected chi connectivity index (χ4v) is 1.72. The lowest BCUT2D eigenvalue weighted by Gasteiger charge is -2.06. The summed E-state index contributed by atoms with van der Waals surface area (Å²) in [7, 11) is 0. The Balaban J connectivity index is 1.92. The third-order valence-corrected chi connectivity index (χ3v) is 2.78. The fraction of sp³-hybridized carbons (Fsp3) is 0.118. The van der Waals surface area contributed by atoms with Crippen molar-refractivity contribution in [2.24, 2.45) is 0 Å². The fourth-order valence-electron chi connectivity index (χ4n) is 1.72. The van der Waals surface area contributed by atoms with Crippen LogP contribution in [0.3, 0.4) is 0 Å². The molecule has 0 radical (unpaired) electrons. The molecule has 0 atom stereocenters. The van der Waals surface area contributed by atoms with E-state index in [0.717, 1.165) is 17.1 Å². The number of amides is 1. The molecule has 0 aliphatic rings. The predicted octanol–water partition coefficient (Wildman–Crippen LogP) is 3.21. The molecular weight excluding hydrogens is 264 g/mol. The number of hydrogen-bond acceptors (Lipinski definition) is 3. The van der Waals surface area contributed by atoms with Gasteiger partial charge in [-0.1, -0.05) is 24.3 Å². The Bertz CT molecular complexity index is 616. The van der Waals surface area contributed by atoms with Gasteiger partial charge in [-0.05, 0) is 42.0 Å². The van der Waals surface area contributed by atoms with Crippen molar-refractivity contribution < 1.29 is 9.53 Å². The lowest BCUT2D eigenvalue weighted by molar-refractivity contribution is -0.118. The molecule has 4 nitrogen and oxygen atoms in total. The number of anilines is 1. The number of ether oxygens (including phenoxy) is 1. The third kappa shape index (κ3) is 5.03. The van der Waals surface area contributed by atoms with E-state index >= 15 is 0 Å². The average molecular weight is 282 g/mol. The minimum Gasteiger partial charge on any atom is -0.457 e. The average Bonchev–Trinajstić information content (AvgIpc) is 2.47. The number of carbonyl (C=O) groups excluding carboxylic acids is 1. The summed E-state index contributed by atoms with van der Waals surface area (Å²) < 4.78 is 5.71. The summed E-state index contributed by atoms with van der Waals surface area (Å²) in [5.41, 5.74) is 7.38. The number of rotatable bonds is 5. The Morgan fingerprint density at radius 2 is 1.67 bits per heavy atom. The zero-order valence-electron chi connectivity index (χ0n) is 11.9. The summed E-state index contributed by atoms with van der Waals surface area (Å²) in [6.45, 7) is 2.02. The lowest BCUT2D eigenvalue weighted by Crippen LogP contribution is -2.19. The first-order valence-electron chi connectivity index (χ1n) is 6.68. The Labute approximate surface area is 124 Å². The van der Waals surface area contributed by atoms with Crippen molar-refractivity contribution in [3.63, 3.8) is 0 Å². The molecule has 0 bridgehead atoms. The SMILES string of the molecule is CC(=O)NCC=Cc1ccc(Oc2ccc(N)cc2)cc1. The van der Waals surface area contributed by atoms with Crippen LogP contribution in [0, 0.1) is 0 Å². The molecule has 2 rings (SSSR count). The quantitative estimate of drug-likeness (QED) is 0.828. The van der Waals surface area contributed by atoms with Crippen LogP contribution in [-0.2, 0) is 4.79 Å². The van der Waals surface area contributed by atoms with E-state index in [4.69, 9.17) is 10.5 Å². The van der Waals surface area contributed by atoms with Gasteiger partial charge in [-0.2, -0.15) is 0 Å². The van der Waals surface area contributed by atoms with Crippen LogP contribution >= 0.6 is 0 Å². The van der Waals surface area contributed by atoms with Crippen molar-refractivity contribution in [1.29, 1.82) is 0 Å². The number of carbonyl (C=O) groups is 1. The maximum atomic E-state index is 10.7. The molecule has 0 unspecified atom stereocenters. The molecule has 0 aromatic heterocycles. The Hall–Kier alpha value is -2.75. The molecule has 21 heavy (non-hydrogen) atoms. The molecule has 1 amide bonds. The number of nitrogen functional groups attached to an aromatic ring is 1. The van der Waals surface area contributed by atoms with E-state index in [1.165, 1.54) is 6.92 Å². The van der Waals surface area contributed by atoms with E-state index in [1.54, 1.807) is 12.1 Å². The lowest BCUT2D eigenvalue weighted by atomic mass is 10.2. The monoisotopic (exact) mass is 282 g/mol. The Morgan fingerprint density at radius 3 is 2.24 bits per heavy atom. The first-order valence-corrected chi connectivity index (χ1v) is 6.68. The van der Waals surface area contributed by atoms with Gasteiger partial charge in [-0.15, -0.1) is 0 Å². The van der Waals surface area contributed by atoms with E-state index in [-0.39, 0.29) is 5.91 Å². The van der Waals surface area contributed by atoms with E-state index in [1.807, 2.05) is 48.6 Å². The molecule has 0 aliphatic heterocycles. The van der Waals surface area contributed by atoms with Gasteiger partial charge in [-0.3, -0.25) is 4.79 Å². The third-order valence-electron chi connectivity index (χ3n) is 2.78. The molecule has 0 saturated heterocycles. The van der Waals surface area contributed by atoms with Crippen LogP contribution in [0.15, 0.2) is 54.6 Å². The van der Waals surface area contributed by atoms with E-state index in [2.05, 4.69) is 5.32 Å². The molecule has 0 fully saturated rings. The molecule has 108 valence electrons. The summed E-state index contributed by atoms with van der Waals surface area (Å²) in [6, 6.07) is 15.0. The largest absolute Gasteiger partial charge is 0.457 e. The highest BCUT2D eigenvalue weighted by molar-refractivity contribution is 5.73. The topological polar surface area (TPSA) is 64.3 Å². The van der Waals surface area contributed by atoms with E-state index in [0.29, 0.717) is 12.2 Å². The zero-order chi connectivity index (χ0) is 15.1. The van der Waals surface area contributed by atoms with E-state index in [9.17, 15) is 4.79 Å². The van der Waals surface area contributed by atoms with Gasteiger partial charge in [0, 0.05) is 19.2 Å². The summed E-state index contributed by atoms with van der Waals surface area (Å²) in [4.78, 5) is 10.7. The standard InChI is InChI=1S/C17H18N2O2/c1-13(20)19-12-2-3-14-4-8-16(9-5-14)21-17-10-6-15(18)7-11-17/h2-11H,12,18H2,1H3,(H,19,20). The van der Waals surface area contributed by atoms with Crippen LogP contribution in [-0.4, -0.2) is 12.5 Å². The first kappa shape index (κ1) is 14.7. The van der Waals surface area contributed by atoms with E-state index < -0.39 is 0 Å². The van der Waals surface area contributed by atoms with Gasteiger partial charge in [0.05, 0.1) is 0 Å². The highest BCUT2D eigenvalue weighted by Gasteiger charge is 1.97. The molecule has 3 N–H and O–H groups in total. The highest BCUT2D eigenvalue weighted by Crippen LogP contribution is 2.22. The van der Waals surface area contributed by atoms with Gasteiger partial charge in [0.15, 0.2) is 0 Å². The minimum absolute atomic E-state index is 0.0353. The molecule has 0 spiro atoms. The molecule has 0 aliphatic carbocycles. The van der Waals surface area contributed by atoms with Crippen molar-refractivity contribution in [2.45, 2.75) is 6.92 Å². The van der Waals surface area contributed by atoms with Gasteiger partial charge < -0.3 is 15.8 Å².